The van der Waals surface area contributed by atoms with Gasteiger partial charge >= 0.3 is 0 Å². The van der Waals surface area contributed by atoms with Crippen LogP contribution in [0.15, 0.2) is 40.4 Å². The van der Waals surface area contributed by atoms with Gasteiger partial charge < -0.3 is 9.72 Å². The second-order valence-electron chi connectivity index (χ2n) is 4.13. The minimum Gasteiger partial charge on any atom is -0.489 e. The van der Waals surface area contributed by atoms with Crippen LogP contribution in [0.2, 0.25) is 0 Å². The molecule has 0 radical (unpaired) electrons. The summed E-state index contributed by atoms with van der Waals surface area (Å²) in [4.78, 5) is 26.9. The molecular weight excluding hydrogens is 260 g/mol. The lowest BCUT2D eigenvalue weighted by Crippen LogP contribution is -2.02. The van der Waals surface area contributed by atoms with Gasteiger partial charge in [0.05, 0.1) is 5.52 Å². The summed E-state index contributed by atoms with van der Waals surface area (Å²) in [5.41, 5.74) is -0.371. The second-order valence-corrected chi connectivity index (χ2v) is 4.13. The van der Waals surface area contributed by atoms with Gasteiger partial charge in [-0.05, 0) is 12.1 Å². The highest BCUT2D eigenvalue weighted by Crippen LogP contribution is 2.16. The molecule has 0 atom stereocenters. The van der Waals surface area contributed by atoms with Gasteiger partial charge in [0.15, 0.2) is 5.52 Å². The van der Waals surface area contributed by atoms with E-state index in [0.29, 0.717) is 23.3 Å². The maximum atomic E-state index is 12.3. The highest BCUT2D eigenvalue weighted by Gasteiger charge is 2.09. The summed E-state index contributed by atoms with van der Waals surface area (Å²) in [6.07, 6.45) is 1.61. The summed E-state index contributed by atoms with van der Waals surface area (Å²) >= 11 is 0. The van der Waals surface area contributed by atoms with Crippen LogP contribution in [0.4, 0.5) is 0 Å². The maximum absolute atomic E-state index is 12.3. The summed E-state index contributed by atoms with van der Waals surface area (Å²) in [7, 11) is 0. The van der Waals surface area contributed by atoms with E-state index in [4.69, 9.17) is 4.74 Å². The van der Waals surface area contributed by atoms with Gasteiger partial charge in [-0.1, -0.05) is 17.9 Å². The van der Waals surface area contributed by atoms with Crippen molar-refractivity contribution in [3.05, 3.63) is 51.4 Å². The molecule has 0 unspecified atom stereocenters. The standard InChI is InChI=1S/C13H10N4O3/c1-2-5-20-7-3-4-8-9(6-7)14-13(19)11-10(12(8)18)15-17-16-11/h2-4,6H,1,5H2,(H,14,19)(H,15,16,17). The van der Waals surface area contributed by atoms with E-state index in [0.717, 1.165) is 0 Å². The number of hydrogen-bond donors (Lipinski definition) is 2. The van der Waals surface area contributed by atoms with E-state index in [-0.39, 0.29) is 16.5 Å². The predicted octanol–water partition coefficient (Wildman–Crippen LogP) is 0.724. The number of nitrogens with zero attached hydrogens (tertiary/aromatic N) is 2. The van der Waals surface area contributed by atoms with Crippen LogP contribution in [-0.2, 0) is 0 Å². The SMILES string of the molecule is C=CCOc1ccc2c(=O)c3[nH]nnc3c(=O)[nH]c2c1. The third-order valence-electron chi connectivity index (χ3n) is 2.84. The van der Waals surface area contributed by atoms with Crippen LogP contribution >= 0.6 is 0 Å². The van der Waals surface area contributed by atoms with Crippen molar-refractivity contribution in [2.24, 2.45) is 0 Å². The van der Waals surface area contributed by atoms with E-state index in [1.54, 1.807) is 24.3 Å². The van der Waals surface area contributed by atoms with Gasteiger partial charge in [0.2, 0.25) is 5.43 Å². The van der Waals surface area contributed by atoms with E-state index in [9.17, 15) is 9.59 Å². The molecule has 0 aliphatic rings. The van der Waals surface area contributed by atoms with Crippen molar-refractivity contribution in [3.63, 3.8) is 0 Å². The number of nitrogens with one attached hydrogen (secondary N) is 2. The molecule has 2 heterocycles. The highest BCUT2D eigenvalue weighted by molar-refractivity contribution is 5.87. The van der Waals surface area contributed by atoms with Crippen molar-refractivity contribution in [1.29, 1.82) is 0 Å². The van der Waals surface area contributed by atoms with Crippen LogP contribution in [-0.4, -0.2) is 27.0 Å². The fourth-order valence-corrected chi connectivity index (χ4v) is 1.93. The summed E-state index contributed by atoms with van der Waals surface area (Å²) in [6, 6.07) is 4.83. The summed E-state index contributed by atoms with van der Waals surface area (Å²) in [5, 5.41) is 9.91. The Morgan fingerprint density at radius 3 is 3.00 bits per heavy atom. The Morgan fingerprint density at radius 2 is 2.20 bits per heavy atom. The number of hydrogen-bond acceptors (Lipinski definition) is 5. The number of rotatable bonds is 3. The van der Waals surface area contributed by atoms with Crippen LogP contribution in [0.25, 0.3) is 21.9 Å². The van der Waals surface area contributed by atoms with E-state index < -0.39 is 5.56 Å². The topological polar surface area (TPSA) is 101 Å². The Kier molecular flexibility index (Phi) is 2.79. The van der Waals surface area contributed by atoms with Crippen molar-refractivity contribution < 1.29 is 4.74 Å². The van der Waals surface area contributed by atoms with Crippen molar-refractivity contribution in [2.75, 3.05) is 6.61 Å². The molecule has 3 rings (SSSR count). The van der Waals surface area contributed by atoms with Gasteiger partial charge in [-0.3, -0.25) is 14.7 Å². The smallest absolute Gasteiger partial charge is 0.278 e. The van der Waals surface area contributed by atoms with Crippen molar-refractivity contribution in [2.45, 2.75) is 0 Å². The first-order chi connectivity index (χ1) is 9.70. The number of aromatic amines is 2. The van der Waals surface area contributed by atoms with Gasteiger partial charge in [-0.2, -0.15) is 0 Å². The minimum atomic E-state index is -0.485. The van der Waals surface area contributed by atoms with Crippen LogP contribution in [0.1, 0.15) is 0 Å². The van der Waals surface area contributed by atoms with E-state index in [1.807, 2.05) is 0 Å². The first-order valence-electron chi connectivity index (χ1n) is 5.85. The fourth-order valence-electron chi connectivity index (χ4n) is 1.93. The second kappa shape index (κ2) is 4.61. The van der Waals surface area contributed by atoms with E-state index >= 15 is 0 Å². The number of fused-ring (bicyclic) bond motifs is 2. The quantitative estimate of drug-likeness (QED) is 0.683. The van der Waals surface area contributed by atoms with E-state index in [2.05, 4.69) is 27.0 Å². The van der Waals surface area contributed by atoms with Crippen LogP contribution in [0, 0.1) is 0 Å². The third kappa shape index (κ3) is 1.85. The number of aromatic nitrogens is 4. The van der Waals surface area contributed by atoms with E-state index in [1.165, 1.54) is 0 Å². The third-order valence-corrected chi connectivity index (χ3v) is 2.84. The molecule has 100 valence electrons. The lowest BCUT2D eigenvalue weighted by Gasteiger charge is -2.02. The molecular formula is C13H10N4O3. The monoisotopic (exact) mass is 270 g/mol. The Morgan fingerprint density at radius 1 is 1.35 bits per heavy atom. The zero-order valence-electron chi connectivity index (χ0n) is 10.3. The predicted molar refractivity (Wildman–Crippen MR) is 74.0 cm³/mol. The molecule has 0 aliphatic carbocycles. The van der Waals surface area contributed by atoms with Crippen LogP contribution in [0.3, 0.4) is 0 Å². The summed E-state index contributed by atoms with van der Waals surface area (Å²) < 4.78 is 5.37. The lowest BCUT2D eigenvalue weighted by atomic mass is 10.2. The summed E-state index contributed by atoms with van der Waals surface area (Å²) in [5.74, 6) is 0.536. The lowest BCUT2D eigenvalue weighted by molar-refractivity contribution is 0.363. The molecule has 0 saturated carbocycles. The Balaban J connectivity index is 2.37. The molecule has 2 N–H and O–H groups in total. The van der Waals surface area contributed by atoms with Crippen LogP contribution < -0.4 is 15.7 Å². The van der Waals surface area contributed by atoms with Gasteiger partial charge in [0, 0.05) is 11.5 Å². The zero-order chi connectivity index (χ0) is 14.1. The Labute approximate surface area is 111 Å². The zero-order valence-corrected chi connectivity index (χ0v) is 10.3. The summed E-state index contributed by atoms with van der Waals surface area (Å²) in [6.45, 7) is 3.89. The molecule has 20 heavy (non-hydrogen) atoms. The Hall–Kier alpha value is -2.96. The minimum absolute atomic E-state index is 0.0141. The molecule has 7 nitrogen and oxygen atoms in total. The number of H-pyrrole nitrogens is 2. The van der Waals surface area contributed by atoms with Gasteiger partial charge in [-0.25, -0.2) is 0 Å². The molecule has 1 aromatic carbocycles. The van der Waals surface area contributed by atoms with Crippen molar-refractivity contribution in [1.82, 2.24) is 20.4 Å². The number of ether oxygens (including phenoxy) is 1. The highest BCUT2D eigenvalue weighted by atomic mass is 16.5. The molecule has 0 aliphatic heterocycles. The molecule has 0 saturated heterocycles. The van der Waals surface area contributed by atoms with Crippen molar-refractivity contribution >= 4 is 21.9 Å². The van der Waals surface area contributed by atoms with Gasteiger partial charge in [0.25, 0.3) is 5.56 Å². The first kappa shape index (κ1) is 12.1. The molecule has 2 aromatic heterocycles. The molecule has 0 fully saturated rings. The Bertz CT molecular complexity index is 926. The normalized spacial score (nSPS) is 10.8. The van der Waals surface area contributed by atoms with Gasteiger partial charge in [-0.15, -0.1) is 5.10 Å². The molecule has 0 amide bonds. The molecule has 0 spiro atoms. The average molecular weight is 270 g/mol. The fraction of sp³-hybridized carbons (Fsp3) is 0.0769. The van der Waals surface area contributed by atoms with Gasteiger partial charge in [0.1, 0.15) is 17.9 Å². The number of benzene rings is 1. The molecule has 3 aromatic rings. The van der Waals surface area contributed by atoms with Crippen molar-refractivity contribution in [3.8, 4) is 5.75 Å². The van der Waals surface area contributed by atoms with Crippen LogP contribution in [0.5, 0.6) is 5.75 Å². The molecule has 0 bridgehead atoms. The maximum Gasteiger partial charge on any atom is 0.278 e. The molecule has 7 heteroatoms. The first-order valence-corrected chi connectivity index (χ1v) is 5.85. The largest absolute Gasteiger partial charge is 0.489 e. The average Bonchev–Trinajstić information content (AvgIpc) is 2.90.